The lowest BCUT2D eigenvalue weighted by molar-refractivity contribution is -0.144. The highest BCUT2D eigenvalue weighted by molar-refractivity contribution is 6.36. The van der Waals surface area contributed by atoms with E-state index in [1.165, 1.54) is 6.07 Å². The summed E-state index contributed by atoms with van der Waals surface area (Å²) in [5, 5.41) is 0.544. The van der Waals surface area contributed by atoms with E-state index < -0.39 is 17.9 Å². The first-order valence-electron chi connectivity index (χ1n) is 11.1. The number of carbonyl (C=O) groups is 1. The van der Waals surface area contributed by atoms with E-state index in [0.717, 1.165) is 12.8 Å². The third kappa shape index (κ3) is 3.89. The van der Waals surface area contributed by atoms with Gasteiger partial charge in [-0.15, -0.1) is 0 Å². The zero-order valence-corrected chi connectivity index (χ0v) is 18.5. The predicted molar refractivity (Wildman–Crippen MR) is 112 cm³/mol. The highest BCUT2D eigenvalue weighted by atomic mass is 35.5. The Labute approximate surface area is 188 Å². The van der Waals surface area contributed by atoms with E-state index in [2.05, 4.69) is 4.90 Å². The molecule has 2 saturated heterocycles. The number of alkyl halides is 4. The number of nitrogens with zero attached hydrogens (tertiary/aromatic N) is 2. The van der Waals surface area contributed by atoms with Gasteiger partial charge in [0.1, 0.15) is 17.5 Å². The molecule has 1 unspecified atom stereocenters. The first-order valence-corrected chi connectivity index (χ1v) is 11.5. The minimum atomic E-state index is -4.53. The number of amides is 1. The fourth-order valence-electron chi connectivity index (χ4n) is 4.91. The highest BCUT2D eigenvalue weighted by Gasteiger charge is 2.40. The van der Waals surface area contributed by atoms with Gasteiger partial charge in [-0.25, -0.2) is 4.39 Å². The van der Waals surface area contributed by atoms with E-state index in [-0.39, 0.29) is 47.5 Å². The summed E-state index contributed by atoms with van der Waals surface area (Å²) in [5.74, 6) is 0.335. The summed E-state index contributed by atoms with van der Waals surface area (Å²) in [6.45, 7) is 3.40. The molecule has 3 fully saturated rings. The van der Waals surface area contributed by atoms with E-state index in [4.69, 9.17) is 16.0 Å². The third-order valence-electron chi connectivity index (χ3n) is 7.08. The summed E-state index contributed by atoms with van der Waals surface area (Å²) in [6.07, 6.45) is -2.44. The van der Waals surface area contributed by atoms with Crippen LogP contribution in [0.5, 0.6) is 0 Å². The monoisotopic (exact) mass is 472 g/mol. The number of rotatable bonds is 4. The van der Waals surface area contributed by atoms with Crippen LogP contribution in [0.4, 0.5) is 17.6 Å². The molecule has 1 aromatic carbocycles. The Morgan fingerprint density at radius 2 is 1.81 bits per heavy atom. The van der Waals surface area contributed by atoms with Gasteiger partial charge in [-0.1, -0.05) is 11.6 Å². The molecule has 0 N–H and O–H groups in total. The summed E-state index contributed by atoms with van der Waals surface area (Å²) >= 11 is 6.57. The Hall–Kier alpha value is -1.80. The van der Waals surface area contributed by atoms with Crippen molar-refractivity contribution in [2.24, 2.45) is 5.92 Å². The van der Waals surface area contributed by atoms with Crippen LogP contribution >= 0.6 is 11.6 Å². The molecule has 1 saturated carbocycles. The SMILES string of the molecule is CC(c1oc2c(C(F)(F)F)cc(C3CC3)cc2c1Cl)N1CCC(C(=O)N2CC(F)C2)CC1. The van der Waals surface area contributed by atoms with Gasteiger partial charge in [-0.3, -0.25) is 9.69 Å². The van der Waals surface area contributed by atoms with Gasteiger partial charge in [-0.05, 0) is 69.3 Å². The summed E-state index contributed by atoms with van der Waals surface area (Å²) in [4.78, 5) is 16.1. The number of fused-ring (bicyclic) bond motifs is 1. The van der Waals surface area contributed by atoms with Crippen molar-refractivity contribution in [3.63, 3.8) is 0 Å². The molecule has 32 heavy (non-hydrogen) atoms. The second-order valence-corrected chi connectivity index (χ2v) is 9.70. The zero-order chi connectivity index (χ0) is 22.8. The molecule has 5 rings (SSSR count). The largest absolute Gasteiger partial charge is 0.457 e. The van der Waals surface area contributed by atoms with Crippen molar-refractivity contribution in [3.05, 3.63) is 34.0 Å². The van der Waals surface area contributed by atoms with Crippen LogP contribution in [0.25, 0.3) is 11.0 Å². The Morgan fingerprint density at radius 3 is 2.38 bits per heavy atom. The van der Waals surface area contributed by atoms with Gasteiger partial charge in [0.15, 0.2) is 0 Å². The fraction of sp³-hybridized carbons (Fsp3) is 0.609. The van der Waals surface area contributed by atoms with E-state index >= 15 is 0 Å². The van der Waals surface area contributed by atoms with Gasteiger partial charge >= 0.3 is 6.18 Å². The Bertz CT molecular complexity index is 1030. The smallest absolute Gasteiger partial charge is 0.420 e. The van der Waals surface area contributed by atoms with E-state index in [0.29, 0.717) is 42.6 Å². The molecule has 2 aromatic rings. The van der Waals surface area contributed by atoms with Crippen molar-refractivity contribution in [2.75, 3.05) is 26.2 Å². The van der Waals surface area contributed by atoms with Crippen LogP contribution in [-0.2, 0) is 11.0 Å². The summed E-state index contributed by atoms with van der Waals surface area (Å²) in [7, 11) is 0. The quantitative estimate of drug-likeness (QED) is 0.517. The standard InChI is InChI=1S/C23H25ClF4N2O2/c1-12(29-6-4-14(5-7-29)22(31)30-10-16(25)11-30)20-19(24)17-8-15(13-2-3-13)9-18(21(17)32-20)23(26,27)28/h8-9,12-14,16H,2-7,10-11H2,1H3. The molecule has 174 valence electrons. The summed E-state index contributed by atoms with van der Waals surface area (Å²) in [6, 6.07) is 2.61. The highest BCUT2D eigenvalue weighted by Crippen LogP contribution is 2.48. The van der Waals surface area contributed by atoms with Crippen LogP contribution in [0.15, 0.2) is 16.5 Å². The molecule has 1 amide bonds. The van der Waals surface area contributed by atoms with Crippen LogP contribution in [0.3, 0.4) is 0 Å². The van der Waals surface area contributed by atoms with Gasteiger partial charge < -0.3 is 9.32 Å². The molecule has 0 spiro atoms. The predicted octanol–water partition coefficient (Wildman–Crippen LogP) is 5.94. The Kier molecular flexibility index (Phi) is 5.44. The van der Waals surface area contributed by atoms with Gasteiger partial charge in [0, 0.05) is 11.3 Å². The maximum absolute atomic E-state index is 13.7. The van der Waals surface area contributed by atoms with Crippen LogP contribution in [0, 0.1) is 5.92 Å². The number of carbonyl (C=O) groups excluding carboxylic acids is 1. The van der Waals surface area contributed by atoms with Gasteiger partial charge in [0.05, 0.1) is 29.7 Å². The maximum atomic E-state index is 13.7. The molecular formula is C23H25ClF4N2O2. The summed E-state index contributed by atoms with van der Waals surface area (Å²) < 4.78 is 60.1. The second-order valence-electron chi connectivity index (χ2n) is 9.32. The molecular weight excluding hydrogens is 448 g/mol. The zero-order valence-electron chi connectivity index (χ0n) is 17.7. The average molecular weight is 473 g/mol. The third-order valence-corrected chi connectivity index (χ3v) is 7.47. The van der Waals surface area contributed by atoms with Crippen molar-refractivity contribution < 1.29 is 26.8 Å². The number of benzene rings is 1. The molecule has 4 nitrogen and oxygen atoms in total. The number of hydrogen-bond donors (Lipinski definition) is 0. The maximum Gasteiger partial charge on any atom is 0.420 e. The normalized spacial score (nSPS) is 22.4. The molecule has 0 bridgehead atoms. The minimum absolute atomic E-state index is 0.00426. The van der Waals surface area contributed by atoms with Crippen molar-refractivity contribution >= 4 is 28.5 Å². The van der Waals surface area contributed by atoms with Gasteiger partial charge in [-0.2, -0.15) is 13.2 Å². The molecule has 1 aliphatic carbocycles. The van der Waals surface area contributed by atoms with E-state index in [1.54, 1.807) is 11.0 Å². The van der Waals surface area contributed by atoms with Gasteiger partial charge in [0.2, 0.25) is 5.91 Å². The number of hydrogen-bond acceptors (Lipinski definition) is 3. The molecule has 1 aromatic heterocycles. The van der Waals surface area contributed by atoms with Gasteiger partial charge in [0.25, 0.3) is 0 Å². The van der Waals surface area contributed by atoms with Crippen LogP contribution in [0.2, 0.25) is 5.02 Å². The average Bonchev–Trinajstić information content (AvgIpc) is 3.53. The molecule has 1 atom stereocenters. The second kappa shape index (κ2) is 7.90. The van der Waals surface area contributed by atoms with Crippen LogP contribution in [-0.4, -0.2) is 48.1 Å². The van der Waals surface area contributed by atoms with E-state index in [1.807, 2.05) is 6.92 Å². The lowest BCUT2D eigenvalue weighted by atomic mass is 9.93. The van der Waals surface area contributed by atoms with Crippen LogP contribution in [0.1, 0.15) is 61.5 Å². The van der Waals surface area contributed by atoms with E-state index in [9.17, 15) is 22.4 Å². The molecule has 0 radical (unpaired) electrons. The molecule has 3 heterocycles. The molecule has 9 heteroatoms. The van der Waals surface area contributed by atoms with Crippen molar-refractivity contribution in [1.82, 2.24) is 9.80 Å². The number of piperidine rings is 1. The summed E-state index contributed by atoms with van der Waals surface area (Å²) in [5.41, 5.74) is -0.327. The molecule has 3 aliphatic rings. The van der Waals surface area contributed by atoms with Crippen molar-refractivity contribution in [1.29, 1.82) is 0 Å². The Balaban J connectivity index is 1.36. The number of halogens is 5. The number of furan rings is 1. The number of likely N-dealkylation sites (tertiary alicyclic amines) is 2. The van der Waals surface area contributed by atoms with Crippen molar-refractivity contribution in [3.8, 4) is 0 Å². The lowest BCUT2D eigenvalue weighted by Gasteiger charge is -2.40. The first kappa shape index (κ1) is 22.0. The topological polar surface area (TPSA) is 36.7 Å². The van der Waals surface area contributed by atoms with Crippen LogP contribution < -0.4 is 0 Å². The fourth-order valence-corrected chi connectivity index (χ4v) is 5.24. The first-order chi connectivity index (χ1) is 15.1. The lowest BCUT2D eigenvalue weighted by Crippen LogP contribution is -2.54. The molecule has 2 aliphatic heterocycles. The minimum Gasteiger partial charge on any atom is -0.457 e. The Morgan fingerprint density at radius 1 is 1.16 bits per heavy atom. The van der Waals surface area contributed by atoms with Crippen molar-refractivity contribution in [2.45, 2.75) is 56.9 Å².